The van der Waals surface area contributed by atoms with Gasteiger partial charge < -0.3 is 5.73 Å². The molecule has 0 aliphatic rings. The standard InChI is InChI=1S/C17H18N4/c1-11(2)9-13-10-15(18)21-17(20-13)14-7-3-5-12-6-4-8-19-16(12)14/h3-8,10-11H,9H2,1-2H3,(H2,18,20,21). The molecular formula is C17H18N4. The Bertz CT molecular complexity index is 775. The van der Waals surface area contributed by atoms with E-state index in [-0.39, 0.29) is 0 Å². The maximum Gasteiger partial charge on any atom is 0.163 e. The number of nitrogen functional groups attached to an aromatic ring is 1. The van der Waals surface area contributed by atoms with E-state index in [0.717, 1.165) is 28.6 Å². The van der Waals surface area contributed by atoms with Crippen molar-refractivity contribution in [1.82, 2.24) is 15.0 Å². The molecular weight excluding hydrogens is 260 g/mol. The highest BCUT2D eigenvalue weighted by Crippen LogP contribution is 2.25. The second-order valence-electron chi connectivity index (χ2n) is 5.59. The first-order chi connectivity index (χ1) is 10.1. The van der Waals surface area contributed by atoms with Crippen LogP contribution in [0.4, 0.5) is 5.82 Å². The van der Waals surface area contributed by atoms with Crippen molar-refractivity contribution in [3.63, 3.8) is 0 Å². The van der Waals surface area contributed by atoms with Crippen molar-refractivity contribution < 1.29 is 0 Å². The summed E-state index contributed by atoms with van der Waals surface area (Å²) in [6.07, 6.45) is 2.67. The van der Waals surface area contributed by atoms with Crippen molar-refractivity contribution in [3.8, 4) is 11.4 Å². The molecule has 0 atom stereocenters. The third-order valence-electron chi connectivity index (χ3n) is 3.29. The fraction of sp³-hybridized carbons (Fsp3) is 0.235. The molecule has 0 aliphatic carbocycles. The van der Waals surface area contributed by atoms with Crippen LogP contribution in [0.5, 0.6) is 0 Å². The fourth-order valence-electron chi connectivity index (χ4n) is 2.45. The molecule has 2 N–H and O–H groups in total. The first-order valence-electron chi connectivity index (χ1n) is 7.11. The van der Waals surface area contributed by atoms with Crippen LogP contribution in [-0.2, 0) is 6.42 Å². The predicted octanol–water partition coefficient (Wildman–Crippen LogP) is 3.47. The molecule has 0 bridgehead atoms. The molecule has 0 fully saturated rings. The van der Waals surface area contributed by atoms with Gasteiger partial charge >= 0.3 is 0 Å². The lowest BCUT2D eigenvalue weighted by atomic mass is 10.1. The van der Waals surface area contributed by atoms with Gasteiger partial charge in [0, 0.05) is 28.9 Å². The molecule has 3 rings (SSSR count). The van der Waals surface area contributed by atoms with Crippen molar-refractivity contribution in [2.75, 3.05) is 5.73 Å². The van der Waals surface area contributed by atoms with Crippen LogP contribution in [-0.4, -0.2) is 15.0 Å². The van der Waals surface area contributed by atoms with Crippen LogP contribution in [0.2, 0.25) is 0 Å². The van der Waals surface area contributed by atoms with Crippen LogP contribution < -0.4 is 5.73 Å². The maximum absolute atomic E-state index is 5.95. The Balaban J connectivity index is 2.16. The maximum atomic E-state index is 5.95. The lowest BCUT2D eigenvalue weighted by Gasteiger charge is -2.09. The quantitative estimate of drug-likeness (QED) is 0.796. The highest BCUT2D eigenvalue weighted by Gasteiger charge is 2.10. The summed E-state index contributed by atoms with van der Waals surface area (Å²) >= 11 is 0. The van der Waals surface area contributed by atoms with Crippen molar-refractivity contribution in [2.45, 2.75) is 20.3 Å². The minimum atomic E-state index is 0.503. The average molecular weight is 278 g/mol. The van der Waals surface area contributed by atoms with Crippen LogP contribution in [0.3, 0.4) is 0 Å². The van der Waals surface area contributed by atoms with Crippen molar-refractivity contribution >= 4 is 16.7 Å². The fourth-order valence-corrected chi connectivity index (χ4v) is 2.45. The minimum Gasteiger partial charge on any atom is -0.384 e. The van der Waals surface area contributed by atoms with E-state index in [0.29, 0.717) is 17.6 Å². The molecule has 106 valence electrons. The van der Waals surface area contributed by atoms with E-state index in [1.54, 1.807) is 6.20 Å². The molecule has 4 nitrogen and oxygen atoms in total. The van der Waals surface area contributed by atoms with Gasteiger partial charge in [0.1, 0.15) is 5.82 Å². The van der Waals surface area contributed by atoms with E-state index in [9.17, 15) is 0 Å². The highest BCUT2D eigenvalue weighted by atomic mass is 14.9. The molecule has 0 aliphatic heterocycles. The summed E-state index contributed by atoms with van der Waals surface area (Å²) in [7, 11) is 0. The summed E-state index contributed by atoms with van der Waals surface area (Å²) in [6.45, 7) is 4.33. The van der Waals surface area contributed by atoms with Gasteiger partial charge in [0.2, 0.25) is 0 Å². The lowest BCUT2D eigenvalue weighted by molar-refractivity contribution is 0.635. The number of nitrogens with zero attached hydrogens (tertiary/aromatic N) is 3. The Morgan fingerprint density at radius 2 is 1.90 bits per heavy atom. The van der Waals surface area contributed by atoms with Gasteiger partial charge in [-0.15, -0.1) is 0 Å². The molecule has 1 aromatic carbocycles. The van der Waals surface area contributed by atoms with Crippen molar-refractivity contribution in [3.05, 3.63) is 48.3 Å². The van der Waals surface area contributed by atoms with E-state index < -0.39 is 0 Å². The van der Waals surface area contributed by atoms with E-state index >= 15 is 0 Å². The zero-order chi connectivity index (χ0) is 14.8. The molecule has 3 aromatic rings. The number of anilines is 1. The molecule has 4 heteroatoms. The van der Waals surface area contributed by atoms with Crippen LogP contribution in [0.1, 0.15) is 19.5 Å². The molecule has 0 spiro atoms. The molecule has 0 saturated heterocycles. The monoisotopic (exact) mass is 278 g/mol. The van der Waals surface area contributed by atoms with Crippen LogP contribution in [0.15, 0.2) is 42.6 Å². The van der Waals surface area contributed by atoms with Crippen molar-refractivity contribution in [2.24, 2.45) is 5.92 Å². The van der Waals surface area contributed by atoms with Gasteiger partial charge in [-0.1, -0.05) is 32.0 Å². The molecule has 2 heterocycles. The Morgan fingerprint density at radius 3 is 2.71 bits per heavy atom. The summed E-state index contributed by atoms with van der Waals surface area (Å²) in [5.41, 5.74) is 8.74. The van der Waals surface area contributed by atoms with Gasteiger partial charge in [-0.3, -0.25) is 4.98 Å². The first-order valence-corrected chi connectivity index (χ1v) is 7.11. The molecule has 0 saturated carbocycles. The molecule has 0 radical (unpaired) electrons. The SMILES string of the molecule is CC(C)Cc1cc(N)nc(-c2cccc3cccnc23)n1. The van der Waals surface area contributed by atoms with E-state index in [1.807, 2.05) is 36.4 Å². The Hall–Kier alpha value is -2.49. The lowest BCUT2D eigenvalue weighted by Crippen LogP contribution is -2.03. The van der Waals surface area contributed by atoms with E-state index in [2.05, 4.69) is 28.8 Å². The summed E-state index contributed by atoms with van der Waals surface area (Å²) in [5.74, 6) is 1.68. The second-order valence-corrected chi connectivity index (χ2v) is 5.59. The minimum absolute atomic E-state index is 0.503. The number of nitrogens with two attached hydrogens (primary N) is 1. The van der Waals surface area contributed by atoms with Crippen LogP contribution in [0.25, 0.3) is 22.3 Å². The highest BCUT2D eigenvalue weighted by molar-refractivity contribution is 5.91. The largest absolute Gasteiger partial charge is 0.384 e. The second kappa shape index (κ2) is 5.48. The number of hydrogen-bond donors (Lipinski definition) is 1. The molecule has 21 heavy (non-hydrogen) atoms. The third-order valence-corrected chi connectivity index (χ3v) is 3.29. The topological polar surface area (TPSA) is 64.7 Å². The van der Waals surface area contributed by atoms with Crippen molar-refractivity contribution in [1.29, 1.82) is 0 Å². The predicted molar refractivity (Wildman–Crippen MR) is 85.7 cm³/mol. The number of rotatable bonds is 3. The van der Waals surface area contributed by atoms with Gasteiger partial charge in [0.15, 0.2) is 5.82 Å². The van der Waals surface area contributed by atoms with Crippen LogP contribution >= 0.6 is 0 Å². The van der Waals surface area contributed by atoms with Gasteiger partial charge in [0.25, 0.3) is 0 Å². The number of aromatic nitrogens is 3. The number of para-hydroxylation sites is 1. The van der Waals surface area contributed by atoms with E-state index in [1.165, 1.54) is 0 Å². The van der Waals surface area contributed by atoms with Gasteiger partial charge in [0.05, 0.1) is 5.52 Å². The van der Waals surface area contributed by atoms with Gasteiger partial charge in [-0.05, 0) is 24.5 Å². The number of pyridine rings is 1. The smallest absolute Gasteiger partial charge is 0.163 e. The molecule has 0 amide bonds. The van der Waals surface area contributed by atoms with Gasteiger partial charge in [-0.25, -0.2) is 9.97 Å². The molecule has 0 unspecified atom stereocenters. The van der Waals surface area contributed by atoms with Gasteiger partial charge in [-0.2, -0.15) is 0 Å². The summed E-state index contributed by atoms with van der Waals surface area (Å²) in [5, 5.41) is 1.08. The summed E-state index contributed by atoms with van der Waals surface area (Å²) in [6, 6.07) is 11.8. The summed E-state index contributed by atoms with van der Waals surface area (Å²) < 4.78 is 0. The third kappa shape index (κ3) is 2.84. The Kier molecular flexibility index (Phi) is 3.52. The number of benzene rings is 1. The molecule has 2 aromatic heterocycles. The van der Waals surface area contributed by atoms with E-state index in [4.69, 9.17) is 5.73 Å². The number of fused-ring (bicyclic) bond motifs is 1. The Morgan fingerprint density at radius 1 is 1.10 bits per heavy atom. The average Bonchev–Trinajstić information content (AvgIpc) is 2.45. The van der Waals surface area contributed by atoms with Crippen LogP contribution in [0, 0.1) is 5.92 Å². The first kappa shape index (κ1) is 13.5. The zero-order valence-electron chi connectivity index (χ0n) is 12.2. The number of hydrogen-bond acceptors (Lipinski definition) is 4. The normalized spacial score (nSPS) is 11.2. The zero-order valence-corrected chi connectivity index (χ0v) is 12.2. The Labute approximate surface area is 124 Å². The summed E-state index contributed by atoms with van der Waals surface area (Å²) in [4.78, 5) is 13.5.